The number of aliphatic hydroxyl groups excluding tert-OH is 1. The second kappa shape index (κ2) is 7.75. The summed E-state index contributed by atoms with van der Waals surface area (Å²) in [7, 11) is 0. The Hall–Kier alpha value is -0.560. The molecule has 0 aromatic carbocycles. The Bertz CT molecular complexity index is 754. The molecule has 4 rings (SSSR count). The molecule has 8 atom stereocenters. The Kier molecular flexibility index (Phi) is 5.90. The Morgan fingerprint density at radius 2 is 1.77 bits per heavy atom. The molecule has 3 saturated carbocycles. The highest BCUT2D eigenvalue weighted by molar-refractivity contribution is 5.33. The first kappa shape index (κ1) is 23.6. The van der Waals surface area contributed by atoms with E-state index in [1.54, 1.807) is 0 Å². The fourth-order valence-electron chi connectivity index (χ4n) is 9.49. The lowest BCUT2D eigenvalue weighted by Gasteiger charge is -2.64. The largest absolute Gasteiger partial charge is 0.393 e. The van der Waals surface area contributed by atoms with Crippen molar-refractivity contribution < 1.29 is 5.11 Å². The molecule has 1 N–H and O–H groups in total. The summed E-state index contributed by atoms with van der Waals surface area (Å²) in [6, 6.07) is 0. The number of hydrogen-bond acceptors (Lipinski definition) is 1. The first-order valence-corrected chi connectivity index (χ1v) is 13.4. The maximum absolute atomic E-state index is 10.8. The van der Waals surface area contributed by atoms with Crippen LogP contribution in [0.5, 0.6) is 0 Å². The van der Waals surface area contributed by atoms with Crippen LogP contribution in [0.15, 0.2) is 23.3 Å². The molecule has 0 aromatic heterocycles. The standard InChI is InChI=1S/C30H50O/c1-20(2)10-9-11-21(3)22-14-18-30(8)24-12-13-25-27(4,5)26(31)16-17-28(25,6)23(24)15-19-29(22,30)7/h10,12,21-23,25-26,31H,9,11,13-19H2,1-8H3/t21-,22-,23+,25-,26-,28+,29-,30+/m0/s1. The van der Waals surface area contributed by atoms with E-state index in [4.69, 9.17) is 0 Å². The number of fused-ring (bicyclic) bond motifs is 5. The van der Waals surface area contributed by atoms with Gasteiger partial charge in [0, 0.05) is 0 Å². The molecule has 3 fully saturated rings. The molecule has 4 aliphatic rings. The lowest BCUT2D eigenvalue weighted by molar-refractivity contribution is -0.131. The van der Waals surface area contributed by atoms with Crippen LogP contribution in [0.3, 0.4) is 0 Å². The van der Waals surface area contributed by atoms with Crippen LogP contribution in [-0.2, 0) is 0 Å². The van der Waals surface area contributed by atoms with Crippen molar-refractivity contribution in [3.63, 3.8) is 0 Å². The molecule has 176 valence electrons. The summed E-state index contributed by atoms with van der Waals surface area (Å²) >= 11 is 0. The predicted octanol–water partition coefficient (Wildman–Crippen LogP) is 8.34. The van der Waals surface area contributed by atoms with Gasteiger partial charge in [0.15, 0.2) is 0 Å². The van der Waals surface area contributed by atoms with E-state index in [0.29, 0.717) is 22.2 Å². The van der Waals surface area contributed by atoms with Gasteiger partial charge in [0.2, 0.25) is 0 Å². The third-order valence-electron chi connectivity index (χ3n) is 11.7. The monoisotopic (exact) mass is 426 g/mol. The number of rotatable bonds is 4. The van der Waals surface area contributed by atoms with Gasteiger partial charge >= 0.3 is 0 Å². The van der Waals surface area contributed by atoms with Gasteiger partial charge in [-0.1, -0.05) is 64.8 Å². The molecule has 0 aromatic rings. The van der Waals surface area contributed by atoms with Gasteiger partial charge in [0.1, 0.15) is 0 Å². The van der Waals surface area contributed by atoms with Crippen LogP contribution in [-0.4, -0.2) is 11.2 Å². The van der Waals surface area contributed by atoms with Crippen LogP contribution in [0, 0.1) is 45.3 Å². The molecule has 4 aliphatic carbocycles. The van der Waals surface area contributed by atoms with Gasteiger partial charge in [-0.3, -0.25) is 0 Å². The van der Waals surface area contributed by atoms with Crippen LogP contribution in [0.2, 0.25) is 0 Å². The summed E-state index contributed by atoms with van der Waals surface area (Å²) in [4.78, 5) is 0. The van der Waals surface area contributed by atoms with Crippen molar-refractivity contribution in [3.05, 3.63) is 23.3 Å². The molecule has 0 bridgehead atoms. The van der Waals surface area contributed by atoms with Crippen molar-refractivity contribution in [1.82, 2.24) is 0 Å². The minimum Gasteiger partial charge on any atom is -0.393 e. The van der Waals surface area contributed by atoms with Crippen molar-refractivity contribution in [1.29, 1.82) is 0 Å². The fraction of sp³-hybridized carbons (Fsp3) is 0.867. The number of hydrogen-bond donors (Lipinski definition) is 1. The Morgan fingerprint density at radius 3 is 2.45 bits per heavy atom. The highest BCUT2D eigenvalue weighted by atomic mass is 16.3. The molecule has 31 heavy (non-hydrogen) atoms. The molecular weight excluding hydrogens is 376 g/mol. The highest BCUT2D eigenvalue weighted by Gasteiger charge is 2.65. The van der Waals surface area contributed by atoms with Gasteiger partial charge in [-0.05, 0) is 117 Å². The van der Waals surface area contributed by atoms with Crippen LogP contribution in [0.4, 0.5) is 0 Å². The van der Waals surface area contributed by atoms with Gasteiger partial charge in [-0.15, -0.1) is 0 Å². The van der Waals surface area contributed by atoms with Crippen LogP contribution >= 0.6 is 0 Å². The Morgan fingerprint density at radius 1 is 1.06 bits per heavy atom. The maximum Gasteiger partial charge on any atom is 0.0594 e. The molecule has 0 heterocycles. The van der Waals surface area contributed by atoms with E-state index in [0.717, 1.165) is 24.2 Å². The zero-order valence-corrected chi connectivity index (χ0v) is 21.9. The molecule has 0 aliphatic heterocycles. The van der Waals surface area contributed by atoms with Crippen LogP contribution in [0.25, 0.3) is 0 Å². The first-order chi connectivity index (χ1) is 14.4. The average molecular weight is 427 g/mol. The van der Waals surface area contributed by atoms with Gasteiger partial charge < -0.3 is 5.11 Å². The van der Waals surface area contributed by atoms with Crippen molar-refractivity contribution >= 4 is 0 Å². The third-order valence-corrected chi connectivity index (χ3v) is 11.7. The van der Waals surface area contributed by atoms with E-state index in [-0.39, 0.29) is 11.5 Å². The highest BCUT2D eigenvalue weighted by Crippen LogP contribution is 2.73. The lowest BCUT2D eigenvalue weighted by Crippen LogP contribution is -2.58. The van der Waals surface area contributed by atoms with Crippen molar-refractivity contribution in [2.75, 3.05) is 0 Å². The van der Waals surface area contributed by atoms with E-state index in [2.05, 4.69) is 67.5 Å². The average Bonchev–Trinajstić information content (AvgIpc) is 2.96. The van der Waals surface area contributed by atoms with Gasteiger partial charge in [0.05, 0.1) is 6.10 Å². The fourth-order valence-corrected chi connectivity index (χ4v) is 9.49. The summed E-state index contributed by atoms with van der Waals surface area (Å²) in [5.41, 5.74) is 4.53. The van der Waals surface area contributed by atoms with E-state index in [1.807, 2.05) is 5.57 Å². The summed E-state index contributed by atoms with van der Waals surface area (Å²) in [6.45, 7) is 19.6. The molecule has 0 saturated heterocycles. The normalized spacial score (nSPS) is 46.9. The molecule has 0 amide bonds. The third kappa shape index (κ3) is 3.34. The minimum absolute atomic E-state index is 0.0360. The van der Waals surface area contributed by atoms with Gasteiger partial charge in [0.25, 0.3) is 0 Å². The molecule has 1 heteroatoms. The molecule has 0 unspecified atom stereocenters. The number of allylic oxidation sites excluding steroid dienone is 4. The van der Waals surface area contributed by atoms with Crippen molar-refractivity contribution in [2.24, 2.45) is 45.3 Å². The quantitative estimate of drug-likeness (QED) is 0.448. The molecule has 0 spiro atoms. The van der Waals surface area contributed by atoms with Crippen LogP contribution < -0.4 is 0 Å². The van der Waals surface area contributed by atoms with E-state index in [9.17, 15) is 5.11 Å². The summed E-state index contributed by atoms with van der Waals surface area (Å²) < 4.78 is 0. The van der Waals surface area contributed by atoms with Gasteiger partial charge in [-0.25, -0.2) is 0 Å². The smallest absolute Gasteiger partial charge is 0.0594 e. The zero-order valence-electron chi connectivity index (χ0n) is 21.9. The second-order valence-electron chi connectivity index (χ2n) is 13.7. The van der Waals surface area contributed by atoms with E-state index >= 15 is 0 Å². The predicted molar refractivity (Wildman–Crippen MR) is 133 cm³/mol. The van der Waals surface area contributed by atoms with Crippen molar-refractivity contribution in [3.8, 4) is 0 Å². The number of aliphatic hydroxyl groups is 1. The van der Waals surface area contributed by atoms with Crippen molar-refractivity contribution in [2.45, 2.75) is 119 Å². The minimum atomic E-state index is -0.137. The van der Waals surface area contributed by atoms with E-state index < -0.39 is 0 Å². The Balaban J connectivity index is 1.62. The first-order valence-electron chi connectivity index (χ1n) is 13.4. The topological polar surface area (TPSA) is 20.2 Å². The summed E-state index contributed by atoms with van der Waals surface area (Å²) in [5, 5.41) is 10.8. The maximum atomic E-state index is 10.8. The zero-order chi connectivity index (χ0) is 22.8. The lowest BCUT2D eigenvalue weighted by atomic mass is 9.41. The molecular formula is C30H50O. The van der Waals surface area contributed by atoms with Gasteiger partial charge in [-0.2, -0.15) is 0 Å². The van der Waals surface area contributed by atoms with Crippen LogP contribution in [0.1, 0.15) is 113 Å². The second-order valence-corrected chi connectivity index (χ2v) is 13.7. The molecule has 1 nitrogen and oxygen atoms in total. The Labute approximate surface area is 193 Å². The SMILES string of the molecule is CC(C)=CCC[C@H](C)[C@@H]1CC[C@]2(C)C3=CC[C@H]4C(C)(C)[C@@H](O)CC[C@]4(C)[C@@H]3CC[C@@]12C. The van der Waals surface area contributed by atoms with E-state index in [1.165, 1.54) is 56.9 Å². The summed E-state index contributed by atoms with van der Waals surface area (Å²) in [6.07, 6.45) is 16.5. The molecule has 0 radical (unpaired) electrons. The summed E-state index contributed by atoms with van der Waals surface area (Å²) in [5.74, 6) is 3.02.